The summed E-state index contributed by atoms with van der Waals surface area (Å²) in [5.74, 6) is 0. The predicted molar refractivity (Wildman–Crippen MR) is 59.6 cm³/mol. The van der Waals surface area contributed by atoms with Gasteiger partial charge in [-0.3, -0.25) is 9.59 Å². The Morgan fingerprint density at radius 2 is 1.75 bits per heavy atom. The number of fused-ring (bicyclic) bond motifs is 1. The Bertz CT molecular complexity index is 639. The largest absolute Gasteiger partial charge is 0.316 e. The van der Waals surface area contributed by atoms with Gasteiger partial charge in [-0.25, -0.2) is 0 Å². The van der Waals surface area contributed by atoms with Gasteiger partial charge in [0.1, 0.15) is 6.29 Å². The quantitative estimate of drug-likeness (QED) is 0.576. The Balaban J connectivity index is 2.53. The molecule has 0 aliphatic heterocycles. The molecule has 0 atom stereocenters. The second kappa shape index (κ2) is 4.14. The minimum absolute atomic E-state index is 0.444. The molecule has 0 bridgehead atoms. The number of aromatic nitrogens is 2. The maximum atomic E-state index is 11.1. The number of hydrogen-bond donors (Lipinski definition) is 2. The van der Waals surface area contributed by atoms with Crippen molar-refractivity contribution in [1.29, 1.82) is 0 Å². The Kier molecular flexibility index (Phi) is 2.68. The summed E-state index contributed by atoms with van der Waals surface area (Å²) in [4.78, 5) is 37.3. The highest BCUT2D eigenvalue weighted by molar-refractivity contribution is 5.74. The number of aldehydes is 1. The summed E-state index contributed by atoms with van der Waals surface area (Å²) < 4.78 is 0. The fourth-order valence-corrected chi connectivity index (χ4v) is 1.54. The number of hydrogen-bond acceptors (Lipinski definition) is 3. The number of H-pyrrole nitrogens is 2. The number of nitrogens with one attached hydrogen (secondary N) is 2. The van der Waals surface area contributed by atoms with E-state index in [0.29, 0.717) is 23.9 Å². The predicted octanol–water partition coefficient (Wildman–Crippen LogP) is 0.348. The second-order valence-electron chi connectivity index (χ2n) is 3.49. The van der Waals surface area contributed by atoms with Crippen LogP contribution < -0.4 is 11.1 Å². The molecule has 0 unspecified atom stereocenters. The average Bonchev–Trinajstić information content (AvgIpc) is 2.28. The Labute approximate surface area is 90.1 Å². The van der Waals surface area contributed by atoms with Gasteiger partial charge < -0.3 is 14.8 Å². The first kappa shape index (κ1) is 10.4. The molecule has 0 fully saturated rings. The van der Waals surface area contributed by atoms with Gasteiger partial charge in [0.25, 0.3) is 0 Å². The maximum Gasteiger partial charge on any atom is 0.314 e. The van der Waals surface area contributed by atoms with Crippen LogP contribution in [-0.4, -0.2) is 16.3 Å². The first-order chi connectivity index (χ1) is 7.70. The minimum Gasteiger partial charge on any atom is -0.316 e. The second-order valence-corrected chi connectivity index (χ2v) is 3.49. The smallest absolute Gasteiger partial charge is 0.314 e. The molecule has 0 saturated heterocycles. The van der Waals surface area contributed by atoms with Gasteiger partial charge in [0, 0.05) is 6.42 Å². The van der Waals surface area contributed by atoms with Crippen LogP contribution in [0.4, 0.5) is 0 Å². The fourth-order valence-electron chi connectivity index (χ4n) is 1.54. The number of aryl methyl sites for hydroxylation is 1. The van der Waals surface area contributed by atoms with Crippen molar-refractivity contribution in [2.75, 3.05) is 0 Å². The third-order valence-electron chi connectivity index (χ3n) is 2.34. The third kappa shape index (κ3) is 1.93. The van der Waals surface area contributed by atoms with Crippen LogP contribution in [0.15, 0.2) is 27.8 Å². The minimum atomic E-state index is -0.667. The molecule has 0 spiro atoms. The Morgan fingerprint density at radius 3 is 2.44 bits per heavy atom. The molecule has 1 aromatic carbocycles. The van der Waals surface area contributed by atoms with E-state index in [0.717, 1.165) is 11.8 Å². The van der Waals surface area contributed by atoms with Crippen molar-refractivity contribution in [1.82, 2.24) is 9.97 Å². The van der Waals surface area contributed by atoms with Crippen molar-refractivity contribution in [2.24, 2.45) is 0 Å². The summed E-state index contributed by atoms with van der Waals surface area (Å²) in [5, 5.41) is 0. The van der Waals surface area contributed by atoms with Crippen molar-refractivity contribution in [3.05, 3.63) is 44.5 Å². The van der Waals surface area contributed by atoms with Crippen molar-refractivity contribution in [2.45, 2.75) is 12.8 Å². The summed E-state index contributed by atoms with van der Waals surface area (Å²) >= 11 is 0. The van der Waals surface area contributed by atoms with E-state index < -0.39 is 11.1 Å². The van der Waals surface area contributed by atoms with Gasteiger partial charge in [0.15, 0.2) is 0 Å². The SMILES string of the molecule is O=CCCc1ccc2[nH]c(=O)c(=O)[nH]c2c1. The van der Waals surface area contributed by atoms with E-state index in [9.17, 15) is 14.4 Å². The lowest BCUT2D eigenvalue weighted by Gasteiger charge is -2.00. The Morgan fingerprint density at radius 1 is 1.06 bits per heavy atom. The molecule has 1 aromatic heterocycles. The van der Waals surface area contributed by atoms with Gasteiger partial charge >= 0.3 is 11.1 Å². The topological polar surface area (TPSA) is 82.8 Å². The molecular weight excluding hydrogens is 208 g/mol. The van der Waals surface area contributed by atoms with E-state index in [1.54, 1.807) is 12.1 Å². The molecule has 82 valence electrons. The average molecular weight is 218 g/mol. The van der Waals surface area contributed by atoms with Crippen molar-refractivity contribution in [3.8, 4) is 0 Å². The van der Waals surface area contributed by atoms with Crippen LogP contribution in [0.25, 0.3) is 11.0 Å². The molecule has 16 heavy (non-hydrogen) atoms. The van der Waals surface area contributed by atoms with E-state index in [1.165, 1.54) is 0 Å². The van der Waals surface area contributed by atoms with E-state index in [2.05, 4.69) is 9.97 Å². The lowest BCUT2D eigenvalue weighted by molar-refractivity contribution is -0.107. The van der Waals surface area contributed by atoms with E-state index in [-0.39, 0.29) is 0 Å². The number of carbonyl (C=O) groups excluding carboxylic acids is 1. The van der Waals surface area contributed by atoms with Crippen molar-refractivity contribution < 1.29 is 4.79 Å². The van der Waals surface area contributed by atoms with E-state index >= 15 is 0 Å². The fraction of sp³-hybridized carbons (Fsp3) is 0.182. The molecule has 2 rings (SSSR count). The van der Waals surface area contributed by atoms with Gasteiger partial charge in [-0.05, 0) is 24.1 Å². The zero-order chi connectivity index (χ0) is 11.5. The van der Waals surface area contributed by atoms with Crippen LogP contribution in [0, 0.1) is 0 Å². The maximum absolute atomic E-state index is 11.1. The van der Waals surface area contributed by atoms with E-state index in [1.807, 2.05) is 6.07 Å². The molecule has 1 heterocycles. The van der Waals surface area contributed by atoms with Crippen LogP contribution in [-0.2, 0) is 11.2 Å². The van der Waals surface area contributed by atoms with Crippen LogP contribution in [0.3, 0.4) is 0 Å². The molecule has 0 saturated carbocycles. The van der Waals surface area contributed by atoms with Gasteiger partial charge in [-0.15, -0.1) is 0 Å². The first-order valence-electron chi connectivity index (χ1n) is 4.89. The van der Waals surface area contributed by atoms with Gasteiger partial charge in [-0.1, -0.05) is 6.07 Å². The zero-order valence-electron chi connectivity index (χ0n) is 8.45. The molecule has 0 aliphatic rings. The summed E-state index contributed by atoms with van der Waals surface area (Å²) in [7, 11) is 0. The van der Waals surface area contributed by atoms with Crippen molar-refractivity contribution >= 4 is 17.3 Å². The highest BCUT2D eigenvalue weighted by atomic mass is 16.2. The normalized spacial score (nSPS) is 10.5. The molecule has 0 amide bonds. The lowest BCUT2D eigenvalue weighted by atomic mass is 10.1. The number of rotatable bonds is 3. The van der Waals surface area contributed by atoms with Gasteiger partial charge in [0.2, 0.25) is 0 Å². The zero-order valence-corrected chi connectivity index (χ0v) is 8.45. The summed E-state index contributed by atoms with van der Waals surface area (Å²) in [6.07, 6.45) is 1.92. The highest BCUT2D eigenvalue weighted by Crippen LogP contribution is 2.10. The standard InChI is InChI=1S/C11H10N2O3/c14-5-1-2-7-3-4-8-9(6-7)13-11(16)10(15)12-8/h3-6H,1-2H2,(H,12,15)(H,13,16). The molecule has 5 nitrogen and oxygen atoms in total. The molecule has 5 heteroatoms. The highest BCUT2D eigenvalue weighted by Gasteiger charge is 2.00. The monoisotopic (exact) mass is 218 g/mol. The Hall–Kier alpha value is -2.17. The summed E-state index contributed by atoms with van der Waals surface area (Å²) in [6.45, 7) is 0. The van der Waals surface area contributed by atoms with E-state index in [4.69, 9.17) is 0 Å². The summed E-state index contributed by atoms with van der Waals surface area (Å²) in [5.41, 5.74) is 0.780. The number of carbonyl (C=O) groups is 1. The third-order valence-corrected chi connectivity index (χ3v) is 2.34. The molecule has 2 N–H and O–H groups in total. The number of aromatic amines is 2. The molecule has 2 aromatic rings. The van der Waals surface area contributed by atoms with Crippen LogP contribution in [0.1, 0.15) is 12.0 Å². The van der Waals surface area contributed by atoms with Crippen LogP contribution >= 0.6 is 0 Å². The molecule has 0 aliphatic carbocycles. The van der Waals surface area contributed by atoms with Gasteiger partial charge in [-0.2, -0.15) is 0 Å². The van der Waals surface area contributed by atoms with Crippen LogP contribution in [0.2, 0.25) is 0 Å². The molecule has 0 radical (unpaired) electrons. The summed E-state index contributed by atoms with van der Waals surface area (Å²) in [6, 6.07) is 5.29. The number of benzene rings is 1. The lowest BCUT2D eigenvalue weighted by Crippen LogP contribution is -2.28. The molecular formula is C11H10N2O3. The van der Waals surface area contributed by atoms with Crippen molar-refractivity contribution in [3.63, 3.8) is 0 Å². The van der Waals surface area contributed by atoms with Gasteiger partial charge in [0.05, 0.1) is 11.0 Å². The van der Waals surface area contributed by atoms with Crippen LogP contribution in [0.5, 0.6) is 0 Å². The first-order valence-corrected chi connectivity index (χ1v) is 4.89.